The van der Waals surface area contributed by atoms with E-state index >= 15 is 0 Å². The van der Waals surface area contributed by atoms with E-state index in [1.807, 2.05) is 27.0 Å². The van der Waals surface area contributed by atoms with Gasteiger partial charge in [-0.05, 0) is 27.0 Å². The fourth-order valence-electron chi connectivity index (χ4n) is 1.74. The van der Waals surface area contributed by atoms with Crippen molar-refractivity contribution < 1.29 is 4.79 Å². The zero-order valence-electron chi connectivity index (χ0n) is 11.2. The predicted octanol–water partition coefficient (Wildman–Crippen LogP) is 2.10. The van der Waals surface area contributed by atoms with Crippen molar-refractivity contribution in [1.82, 2.24) is 20.2 Å². The van der Waals surface area contributed by atoms with Gasteiger partial charge in [0.25, 0.3) is 5.91 Å². The maximum Gasteiger partial charge on any atom is 0.261 e. The molecule has 0 aliphatic heterocycles. The molecule has 19 heavy (non-hydrogen) atoms. The summed E-state index contributed by atoms with van der Waals surface area (Å²) in [5.41, 5.74) is 2.06. The molecule has 2 N–H and O–H groups in total. The van der Waals surface area contributed by atoms with Gasteiger partial charge in [0.15, 0.2) is 0 Å². The first-order valence-electron chi connectivity index (χ1n) is 5.73. The standard InChI is InChI=1S/C12H15N5OS/c1-6-5-13-17-10(6)16-11(18)9-7(2)14-8(3)15-12(9)19-4/h5H,1-4H3,(H2,13,16,17,18). The fraction of sp³-hybridized carbons (Fsp3) is 0.333. The van der Waals surface area contributed by atoms with Crippen LogP contribution in [0.15, 0.2) is 11.2 Å². The minimum absolute atomic E-state index is 0.228. The normalized spacial score (nSPS) is 10.5. The summed E-state index contributed by atoms with van der Waals surface area (Å²) < 4.78 is 0. The molecule has 2 aromatic heterocycles. The molecule has 0 aromatic carbocycles. The number of anilines is 1. The number of rotatable bonds is 3. The number of amides is 1. The topological polar surface area (TPSA) is 83.6 Å². The number of H-pyrrole nitrogens is 1. The zero-order chi connectivity index (χ0) is 14.0. The molecule has 2 rings (SSSR count). The maximum absolute atomic E-state index is 12.3. The zero-order valence-corrected chi connectivity index (χ0v) is 12.1. The molecule has 0 bridgehead atoms. The Kier molecular flexibility index (Phi) is 3.84. The van der Waals surface area contributed by atoms with E-state index in [0.717, 1.165) is 5.56 Å². The highest BCUT2D eigenvalue weighted by molar-refractivity contribution is 7.98. The van der Waals surface area contributed by atoms with E-state index in [1.54, 1.807) is 6.20 Å². The number of nitrogens with one attached hydrogen (secondary N) is 2. The van der Waals surface area contributed by atoms with Crippen molar-refractivity contribution in [3.8, 4) is 0 Å². The van der Waals surface area contributed by atoms with E-state index in [2.05, 4.69) is 25.5 Å². The number of aromatic nitrogens is 4. The molecule has 0 radical (unpaired) electrons. The Bertz CT molecular complexity index is 623. The molecule has 6 nitrogen and oxygen atoms in total. The lowest BCUT2D eigenvalue weighted by molar-refractivity contribution is 0.102. The third kappa shape index (κ3) is 2.76. The van der Waals surface area contributed by atoms with Gasteiger partial charge in [-0.3, -0.25) is 9.89 Å². The summed E-state index contributed by atoms with van der Waals surface area (Å²) >= 11 is 1.43. The third-order valence-electron chi connectivity index (χ3n) is 2.66. The van der Waals surface area contributed by atoms with E-state index in [4.69, 9.17) is 0 Å². The summed E-state index contributed by atoms with van der Waals surface area (Å²) in [6.45, 7) is 5.49. The lowest BCUT2D eigenvalue weighted by Crippen LogP contribution is -2.17. The Labute approximate surface area is 115 Å². The highest BCUT2D eigenvalue weighted by Gasteiger charge is 2.18. The Hall–Kier alpha value is -1.89. The van der Waals surface area contributed by atoms with Crippen molar-refractivity contribution in [2.75, 3.05) is 11.6 Å². The smallest absolute Gasteiger partial charge is 0.261 e. The van der Waals surface area contributed by atoms with E-state index < -0.39 is 0 Å². The number of carbonyl (C=O) groups excluding carboxylic acids is 1. The minimum atomic E-state index is -0.228. The van der Waals surface area contributed by atoms with E-state index in [-0.39, 0.29) is 5.91 Å². The van der Waals surface area contributed by atoms with Crippen LogP contribution in [0, 0.1) is 20.8 Å². The van der Waals surface area contributed by atoms with Crippen LogP contribution >= 0.6 is 11.8 Å². The summed E-state index contributed by atoms with van der Waals surface area (Å²) in [6, 6.07) is 0. The molecule has 0 fully saturated rings. The quantitative estimate of drug-likeness (QED) is 0.663. The lowest BCUT2D eigenvalue weighted by Gasteiger charge is -2.10. The molecule has 0 aliphatic carbocycles. The molecule has 2 aromatic rings. The first-order chi connectivity index (χ1) is 9.02. The summed E-state index contributed by atoms with van der Waals surface area (Å²) in [7, 11) is 0. The van der Waals surface area contributed by atoms with Crippen LogP contribution in [0.3, 0.4) is 0 Å². The average molecular weight is 277 g/mol. The van der Waals surface area contributed by atoms with Crippen LogP contribution < -0.4 is 5.32 Å². The first-order valence-corrected chi connectivity index (χ1v) is 6.96. The fourth-order valence-corrected chi connectivity index (χ4v) is 2.41. The second-order valence-electron chi connectivity index (χ2n) is 4.12. The SMILES string of the molecule is CSc1nc(C)nc(C)c1C(=O)Nc1[nH]ncc1C. The number of hydrogen-bond donors (Lipinski definition) is 2. The lowest BCUT2D eigenvalue weighted by atomic mass is 10.2. The molecule has 7 heteroatoms. The van der Waals surface area contributed by atoms with Crippen LogP contribution in [-0.4, -0.2) is 32.3 Å². The van der Waals surface area contributed by atoms with Crippen molar-refractivity contribution >= 4 is 23.5 Å². The molecule has 0 unspecified atom stereocenters. The molecule has 0 spiro atoms. The van der Waals surface area contributed by atoms with Gasteiger partial charge < -0.3 is 5.32 Å². The van der Waals surface area contributed by atoms with Gasteiger partial charge in [-0.15, -0.1) is 11.8 Å². The number of hydrogen-bond acceptors (Lipinski definition) is 5. The summed E-state index contributed by atoms with van der Waals surface area (Å²) in [5, 5.41) is 10.1. The molecule has 0 saturated carbocycles. The average Bonchev–Trinajstić information content (AvgIpc) is 2.73. The van der Waals surface area contributed by atoms with Gasteiger partial charge in [0.1, 0.15) is 16.7 Å². The molecule has 0 saturated heterocycles. The summed E-state index contributed by atoms with van der Waals surface area (Å²) in [6.07, 6.45) is 3.54. The van der Waals surface area contributed by atoms with Crippen LogP contribution in [0.4, 0.5) is 5.82 Å². The Morgan fingerprint density at radius 1 is 1.32 bits per heavy atom. The van der Waals surface area contributed by atoms with Crippen LogP contribution in [0.5, 0.6) is 0 Å². The summed E-state index contributed by atoms with van der Waals surface area (Å²) in [5.74, 6) is 1.03. The number of carbonyl (C=O) groups is 1. The molecule has 2 heterocycles. The van der Waals surface area contributed by atoms with Gasteiger partial charge in [0.05, 0.1) is 17.5 Å². The van der Waals surface area contributed by atoms with Gasteiger partial charge in [0, 0.05) is 5.56 Å². The van der Waals surface area contributed by atoms with Crippen molar-refractivity contribution in [1.29, 1.82) is 0 Å². The van der Waals surface area contributed by atoms with Crippen molar-refractivity contribution in [3.05, 3.63) is 28.8 Å². The van der Waals surface area contributed by atoms with Crippen molar-refractivity contribution in [2.24, 2.45) is 0 Å². The van der Waals surface area contributed by atoms with Gasteiger partial charge in [-0.25, -0.2) is 9.97 Å². The number of aromatic amines is 1. The highest BCUT2D eigenvalue weighted by atomic mass is 32.2. The molecule has 0 atom stereocenters. The van der Waals surface area contributed by atoms with Crippen LogP contribution in [0.2, 0.25) is 0 Å². The van der Waals surface area contributed by atoms with E-state index in [0.29, 0.717) is 27.9 Å². The van der Waals surface area contributed by atoms with Crippen molar-refractivity contribution in [2.45, 2.75) is 25.8 Å². The second kappa shape index (κ2) is 5.40. The largest absolute Gasteiger partial charge is 0.307 e. The Balaban J connectivity index is 2.36. The van der Waals surface area contributed by atoms with Crippen LogP contribution in [-0.2, 0) is 0 Å². The Morgan fingerprint density at radius 3 is 2.63 bits per heavy atom. The summed E-state index contributed by atoms with van der Waals surface area (Å²) in [4.78, 5) is 20.9. The first kappa shape index (κ1) is 13.5. The molecule has 100 valence electrons. The molecular weight excluding hydrogens is 262 g/mol. The number of nitrogens with zero attached hydrogens (tertiary/aromatic N) is 3. The minimum Gasteiger partial charge on any atom is -0.307 e. The third-order valence-corrected chi connectivity index (χ3v) is 3.34. The molecule has 1 amide bonds. The predicted molar refractivity (Wildman–Crippen MR) is 74.6 cm³/mol. The van der Waals surface area contributed by atoms with Crippen molar-refractivity contribution in [3.63, 3.8) is 0 Å². The molecule has 0 aliphatic rings. The number of aryl methyl sites for hydroxylation is 3. The monoisotopic (exact) mass is 277 g/mol. The second-order valence-corrected chi connectivity index (χ2v) is 4.92. The van der Waals surface area contributed by atoms with E-state index in [9.17, 15) is 4.79 Å². The molecular formula is C12H15N5OS. The van der Waals surface area contributed by atoms with Gasteiger partial charge in [-0.1, -0.05) is 0 Å². The van der Waals surface area contributed by atoms with Crippen LogP contribution in [0.1, 0.15) is 27.4 Å². The van der Waals surface area contributed by atoms with Gasteiger partial charge in [0.2, 0.25) is 0 Å². The maximum atomic E-state index is 12.3. The van der Waals surface area contributed by atoms with E-state index in [1.165, 1.54) is 11.8 Å². The van der Waals surface area contributed by atoms with Gasteiger partial charge in [-0.2, -0.15) is 5.10 Å². The van der Waals surface area contributed by atoms with Crippen LogP contribution in [0.25, 0.3) is 0 Å². The highest BCUT2D eigenvalue weighted by Crippen LogP contribution is 2.22. The number of thioether (sulfide) groups is 1. The van der Waals surface area contributed by atoms with Gasteiger partial charge >= 0.3 is 0 Å². The Morgan fingerprint density at radius 2 is 2.05 bits per heavy atom.